The number of hydrogen-bond acceptors (Lipinski definition) is 5. The zero-order valence-electron chi connectivity index (χ0n) is 19.3. The van der Waals surface area contributed by atoms with Gasteiger partial charge in [-0.05, 0) is 35.4 Å². The van der Waals surface area contributed by atoms with Crippen LogP contribution >= 0.6 is 0 Å². The zero-order valence-corrected chi connectivity index (χ0v) is 20.2. The minimum absolute atomic E-state index is 0.0565. The largest absolute Gasteiger partial charge is 0.453 e. The highest BCUT2D eigenvalue weighted by atomic mass is 32.2. The van der Waals surface area contributed by atoms with Crippen LogP contribution in [0.1, 0.15) is 46.6 Å². The second kappa shape index (κ2) is 9.99. The standard InChI is InChI=1S/C22H35N3O5S/c1-16(2)15-19(23-21(27)30-6)20(26)24-11-13-25(14-12-24)31(28,29)18-9-7-17(8-10-18)22(3,4)5/h7-10,16,19H,11-15H2,1-6H3,(H,23,27). The van der Waals surface area contributed by atoms with Crippen LogP contribution in [0.2, 0.25) is 0 Å². The minimum atomic E-state index is -3.63. The number of rotatable bonds is 6. The maximum Gasteiger partial charge on any atom is 0.407 e. The van der Waals surface area contributed by atoms with Crippen molar-refractivity contribution in [3.63, 3.8) is 0 Å². The first-order valence-electron chi connectivity index (χ1n) is 10.6. The lowest BCUT2D eigenvalue weighted by Gasteiger charge is -2.36. The van der Waals surface area contributed by atoms with Gasteiger partial charge in [0.25, 0.3) is 0 Å². The van der Waals surface area contributed by atoms with Crippen LogP contribution in [-0.4, -0.2) is 69.0 Å². The molecule has 174 valence electrons. The Labute approximate surface area is 186 Å². The van der Waals surface area contributed by atoms with Gasteiger partial charge in [-0.25, -0.2) is 13.2 Å². The predicted octanol–water partition coefficient (Wildman–Crippen LogP) is 2.59. The summed E-state index contributed by atoms with van der Waals surface area (Å²) in [6.07, 6.45) is -0.175. The van der Waals surface area contributed by atoms with Gasteiger partial charge in [0.2, 0.25) is 15.9 Å². The molecule has 31 heavy (non-hydrogen) atoms. The first-order chi connectivity index (χ1) is 14.4. The predicted molar refractivity (Wildman–Crippen MR) is 119 cm³/mol. The van der Waals surface area contributed by atoms with E-state index in [2.05, 4.69) is 30.8 Å². The average Bonchev–Trinajstić information content (AvgIpc) is 2.71. The molecule has 1 heterocycles. The van der Waals surface area contributed by atoms with Gasteiger partial charge in [-0.3, -0.25) is 4.79 Å². The fourth-order valence-electron chi connectivity index (χ4n) is 3.54. The van der Waals surface area contributed by atoms with Gasteiger partial charge in [-0.1, -0.05) is 46.8 Å². The fraction of sp³-hybridized carbons (Fsp3) is 0.636. The van der Waals surface area contributed by atoms with Crippen molar-refractivity contribution in [2.24, 2.45) is 5.92 Å². The number of sulfonamides is 1. The number of carbonyl (C=O) groups excluding carboxylic acids is 2. The van der Waals surface area contributed by atoms with Gasteiger partial charge < -0.3 is 15.0 Å². The zero-order chi connectivity index (χ0) is 23.4. The Hall–Kier alpha value is -2.13. The number of alkyl carbamates (subject to hydrolysis) is 1. The van der Waals surface area contributed by atoms with Gasteiger partial charge in [0.15, 0.2) is 0 Å². The average molecular weight is 454 g/mol. The van der Waals surface area contributed by atoms with Crippen LogP contribution in [-0.2, 0) is 25.0 Å². The Morgan fingerprint density at radius 1 is 1.06 bits per heavy atom. The van der Waals surface area contributed by atoms with E-state index in [0.29, 0.717) is 6.42 Å². The molecule has 8 nitrogen and oxygen atoms in total. The third-order valence-corrected chi connectivity index (χ3v) is 7.30. The molecule has 2 rings (SSSR count). The molecule has 0 aliphatic carbocycles. The lowest BCUT2D eigenvalue weighted by atomic mass is 9.87. The number of nitrogens with one attached hydrogen (secondary N) is 1. The molecule has 0 spiro atoms. The molecule has 2 amide bonds. The summed E-state index contributed by atoms with van der Waals surface area (Å²) in [7, 11) is -2.38. The SMILES string of the molecule is COC(=O)NC(CC(C)C)C(=O)N1CCN(S(=O)(=O)c2ccc(C(C)(C)C)cc2)CC1. The Balaban J connectivity index is 2.06. The van der Waals surface area contributed by atoms with Crippen molar-refractivity contribution in [2.45, 2.75) is 57.4 Å². The van der Waals surface area contributed by atoms with Crippen LogP contribution in [0.25, 0.3) is 0 Å². The van der Waals surface area contributed by atoms with E-state index in [1.807, 2.05) is 26.0 Å². The Morgan fingerprint density at radius 2 is 1.61 bits per heavy atom. The van der Waals surface area contributed by atoms with Gasteiger partial charge in [-0.15, -0.1) is 0 Å². The van der Waals surface area contributed by atoms with Crippen molar-refractivity contribution in [2.75, 3.05) is 33.3 Å². The van der Waals surface area contributed by atoms with Crippen molar-refractivity contribution >= 4 is 22.0 Å². The number of methoxy groups -OCH3 is 1. The first kappa shape index (κ1) is 25.1. The highest BCUT2D eigenvalue weighted by Crippen LogP contribution is 2.25. The molecule has 0 aromatic heterocycles. The van der Waals surface area contributed by atoms with Gasteiger partial charge in [0.1, 0.15) is 6.04 Å². The number of benzene rings is 1. The van der Waals surface area contributed by atoms with E-state index in [-0.39, 0.29) is 48.3 Å². The van der Waals surface area contributed by atoms with E-state index in [4.69, 9.17) is 0 Å². The molecule has 1 fully saturated rings. The van der Waals surface area contributed by atoms with Crippen molar-refractivity contribution in [3.8, 4) is 0 Å². The van der Waals surface area contributed by atoms with Crippen molar-refractivity contribution in [3.05, 3.63) is 29.8 Å². The van der Waals surface area contributed by atoms with Crippen LogP contribution in [0.3, 0.4) is 0 Å². The Morgan fingerprint density at radius 3 is 2.06 bits per heavy atom. The van der Waals surface area contributed by atoms with Crippen molar-refractivity contribution in [1.82, 2.24) is 14.5 Å². The van der Waals surface area contributed by atoms with E-state index < -0.39 is 22.2 Å². The van der Waals surface area contributed by atoms with E-state index in [1.54, 1.807) is 17.0 Å². The lowest BCUT2D eigenvalue weighted by molar-refractivity contribution is -0.135. The summed E-state index contributed by atoms with van der Waals surface area (Å²) in [5.41, 5.74) is 1.01. The second-order valence-corrected chi connectivity index (χ2v) is 11.3. The van der Waals surface area contributed by atoms with E-state index in [1.165, 1.54) is 11.4 Å². The number of nitrogens with zero attached hydrogens (tertiary/aromatic N) is 2. The van der Waals surface area contributed by atoms with E-state index in [0.717, 1.165) is 5.56 Å². The monoisotopic (exact) mass is 453 g/mol. The molecule has 1 aliphatic rings. The molecule has 1 aromatic carbocycles. The molecule has 1 aromatic rings. The van der Waals surface area contributed by atoms with Crippen LogP contribution in [0.5, 0.6) is 0 Å². The number of piperazine rings is 1. The highest BCUT2D eigenvalue weighted by Gasteiger charge is 2.33. The van der Waals surface area contributed by atoms with Crippen molar-refractivity contribution < 1.29 is 22.7 Å². The molecule has 1 unspecified atom stereocenters. The van der Waals surface area contributed by atoms with E-state index >= 15 is 0 Å². The first-order valence-corrected chi connectivity index (χ1v) is 12.0. The van der Waals surface area contributed by atoms with Crippen LogP contribution in [0.15, 0.2) is 29.2 Å². The fourth-order valence-corrected chi connectivity index (χ4v) is 4.96. The van der Waals surface area contributed by atoms with Gasteiger partial charge in [0.05, 0.1) is 12.0 Å². The molecule has 0 radical (unpaired) electrons. The number of amides is 2. The molecule has 9 heteroatoms. The molecule has 1 saturated heterocycles. The van der Waals surface area contributed by atoms with Crippen LogP contribution < -0.4 is 5.32 Å². The summed E-state index contributed by atoms with van der Waals surface area (Å²) in [4.78, 5) is 26.4. The molecule has 1 atom stereocenters. The lowest BCUT2D eigenvalue weighted by Crippen LogP contribution is -2.56. The van der Waals surface area contributed by atoms with Gasteiger partial charge in [-0.2, -0.15) is 4.31 Å². The minimum Gasteiger partial charge on any atom is -0.453 e. The molecule has 0 bridgehead atoms. The Bertz CT molecular complexity index is 867. The molecular formula is C22H35N3O5S. The summed E-state index contributed by atoms with van der Waals surface area (Å²) < 4.78 is 32.1. The van der Waals surface area contributed by atoms with Crippen molar-refractivity contribution in [1.29, 1.82) is 0 Å². The van der Waals surface area contributed by atoms with Crippen LogP contribution in [0.4, 0.5) is 4.79 Å². The van der Waals surface area contributed by atoms with Gasteiger partial charge in [0, 0.05) is 26.2 Å². The third kappa shape index (κ3) is 6.43. The summed E-state index contributed by atoms with van der Waals surface area (Å²) in [6, 6.07) is 6.29. The highest BCUT2D eigenvalue weighted by molar-refractivity contribution is 7.89. The quantitative estimate of drug-likeness (QED) is 0.714. The summed E-state index contributed by atoms with van der Waals surface area (Å²) in [6.45, 7) is 11.1. The summed E-state index contributed by atoms with van der Waals surface area (Å²) in [5.74, 6) is -0.0190. The van der Waals surface area contributed by atoms with Crippen LogP contribution in [0, 0.1) is 5.92 Å². The number of ether oxygens (including phenoxy) is 1. The maximum absolute atomic E-state index is 13.0. The third-order valence-electron chi connectivity index (χ3n) is 5.39. The normalized spacial score (nSPS) is 16.8. The van der Waals surface area contributed by atoms with E-state index in [9.17, 15) is 18.0 Å². The molecule has 1 aliphatic heterocycles. The summed E-state index contributed by atoms with van der Waals surface area (Å²) in [5, 5.41) is 2.60. The number of carbonyl (C=O) groups is 2. The molecule has 0 saturated carbocycles. The maximum atomic E-state index is 13.0. The van der Waals surface area contributed by atoms with Gasteiger partial charge >= 0.3 is 6.09 Å². The topological polar surface area (TPSA) is 96.0 Å². The summed E-state index contributed by atoms with van der Waals surface area (Å²) >= 11 is 0. The molecule has 1 N–H and O–H groups in total. The second-order valence-electron chi connectivity index (χ2n) is 9.32. The Kier molecular flexibility index (Phi) is 8.10. The number of hydrogen-bond donors (Lipinski definition) is 1. The molecular weight excluding hydrogens is 418 g/mol. The smallest absolute Gasteiger partial charge is 0.407 e.